The lowest BCUT2D eigenvalue weighted by molar-refractivity contribution is 0.479. The number of halogens is 1. The van der Waals surface area contributed by atoms with Gasteiger partial charge in [-0.25, -0.2) is 9.98 Å². The molecule has 0 unspecified atom stereocenters. The molecular weight excluding hydrogens is 306 g/mol. The maximum Gasteiger partial charge on any atom is 0.195 e. The first-order valence-corrected chi connectivity index (χ1v) is 6.79. The summed E-state index contributed by atoms with van der Waals surface area (Å²) in [6, 6.07) is 3.97. The van der Waals surface area contributed by atoms with E-state index in [0.29, 0.717) is 6.54 Å². The predicted octanol–water partition coefficient (Wildman–Crippen LogP) is 2.08. The van der Waals surface area contributed by atoms with Crippen LogP contribution in [-0.4, -0.2) is 53.3 Å². The number of hydrogen-bond donors (Lipinski definition) is 0. The van der Waals surface area contributed by atoms with Gasteiger partial charge in [0.05, 0.1) is 12.2 Å². The minimum Gasteiger partial charge on any atom is -0.349 e. The highest BCUT2D eigenvalue weighted by Crippen LogP contribution is 2.13. The summed E-state index contributed by atoms with van der Waals surface area (Å²) in [6.07, 6.45) is 4.00. The summed E-state index contributed by atoms with van der Waals surface area (Å²) in [4.78, 5) is 13.1. The molecule has 0 N–H and O–H groups in total. The number of pyridine rings is 1. The molecular formula is C13H18BrN5. The molecule has 0 amide bonds. The number of imidazole rings is 1. The standard InChI is InChI=1S/C13H18BrN5/c1-17(2)13(18(3)4)15-7-11-9-19-8-10(14)5-6-12(19)16-11/h5-6,8-9H,7H2,1-4H3. The quantitative estimate of drug-likeness (QED) is 0.627. The molecule has 0 spiro atoms. The summed E-state index contributed by atoms with van der Waals surface area (Å²) in [5, 5.41) is 0. The van der Waals surface area contributed by atoms with Gasteiger partial charge in [-0.15, -0.1) is 0 Å². The number of hydrogen-bond acceptors (Lipinski definition) is 2. The average Bonchev–Trinajstić information content (AvgIpc) is 2.70. The number of rotatable bonds is 2. The van der Waals surface area contributed by atoms with Crippen molar-refractivity contribution in [3.05, 3.63) is 34.7 Å². The molecule has 0 fully saturated rings. The number of aliphatic imine (C=N–C) groups is 1. The minimum absolute atomic E-state index is 0.574. The molecule has 2 heterocycles. The Bertz CT molecular complexity index is 590. The van der Waals surface area contributed by atoms with Crippen LogP contribution in [0.25, 0.3) is 5.65 Å². The first-order chi connectivity index (χ1) is 8.97. The van der Waals surface area contributed by atoms with Crippen LogP contribution in [0.2, 0.25) is 0 Å². The lowest BCUT2D eigenvalue weighted by Crippen LogP contribution is -2.35. The summed E-state index contributed by atoms with van der Waals surface area (Å²) < 4.78 is 3.04. The van der Waals surface area contributed by atoms with E-state index in [4.69, 9.17) is 0 Å². The number of aromatic nitrogens is 2. The molecule has 0 radical (unpaired) electrons. The van der Waals surface area contributed by atoms with Crippen LogP contribution < -0.4 is 0 Å². The van der Waals surface area contributed by atoms with Crippen molar-refractivity contribution in [3.63, 3.8) is 0 Å². The predicted molar refractivity (Wildman–Crippen MR) is 81.4 cm³/mol. The maximum atomic E-state index is 4.59. The number of guanidine groups is 1. The van der Waals surface area contributed by atoms with E-state index < -0.39 is 0 Å². The van der Waals surface area contributed by atoms with Crippen molar-refractivity contribution < 1.29 is 0 Å². The Morgan fingerprint density at radius 3 is 2.53 bits per heavy atom. The lowest BCUT2D eigenvalue weighted by atomic mass is 10.5. The molecule has 2 rings (SSSR count). The van der Waals surface area contributed by atoms with Crippen LogP contribution in [0, 0.1) is 0 Å². The summed E-state index contributed by atoms with van der Waals surface area (Å²) in [5.41, 5.74) is 1.89. The average molecular weight is 324 g/mol. The molecule has 19 heavy (non-hydrogen) atoms. The highest BCUT2D eigenvalue weighted by Gasteiger charge is 2.06. The molecule has 0 aliphatic carbocycles. The molecule has 102 valence electrons. The molecule has 5 nitrogen and oxygen atoms in total. The van der Waals surface area contributed by atoms with Gasteiger partial charge in [0.1, 0.15) is 5.65 Å². The zero-order valence-electron chi connectivity index (χ0n) is 11.6. The molecule has 0 saturated carbocycles. The smallest absolute Gasteiger partial charge is 0.195 e. The van der Waals surface area contributed by atoms with Crippen LogP contribution in [0.4, 0.5) is 0 Å². The van der Waals surface area contributed by atoms with Gasteiger partial charge >= 0.3 is 0 Å². The van der Waals surface area contributed by atoms with Crippen molar-refractivity contribution in [2.75, 3.05) is 28.2 Å². The fraction of sp³-hybridized carbons (Fsp3) is 0.385. The maximum absolute atomic E-state index is 4.59. The van der Waals surface area contributed by atoms with Crippen LogP contribution in [0.5, 0.6) is 0 Å². The lowest BCUT2D eigenvalue weighted by Gasteiger charge is -2.22. The third-order valence-electron chi connectivity index (χ3n) is 2.65. The van der Waals surface area contributed by atoms with E-state index in [0.717, 1.165) is 21.8 Å². The summed E-state index contributed by atoms with van der Waals surface area (Å²) in [7, 11) is 7.94. The topological polar surface area (TPSA) is 36.1 Å². The van der Waals surface area contributed by atoms with Crippen molar-refractivity contribution >= 4 is 27.5 Å². The summed E-state index contributed by atoms with van der Waals surface area (Å²) in [6.45, 7) is 0.574. The zero-order chi connectivity index (χ0) is 14.0. The Labute approximate surface area is 121 Å². The SMILES string of the molecule is CN(C)C(=NCc1cn2cc(Br)ccc2n1)N(C)C. The second-order valence-corrected chi connectivity index (χ2v) is 5.67. The molecule has 0 saturated heterocycles. The Balaban J connectivity index is 2.23. The Kier molecular flexibility index (Phi) is 4.09. The van der Waals surface area contributed by atoms with Gasteiger partial charge in [-0.2, -0.15) is 0 Å². The van der Waals surface area contributed by atoms with E-state index >= 15 is 0 Å². The second kappa shape index (κ2) is 5.61. The molecule has 0 aliphatic rings. The number of nitrogens with zero attached hydrogens (tertiary/aromatic N) is 5. The van der Waals surface area contributed by atoms with E-state index in [1.165, 1.54) is 0 Å². The molecule has 0 atom stereocenters. The second-order valence-electron chi connectivity index (χ2n) is 4.75. The van der Waals surface area contributed by atoms with Gasteiger partial charge < -0.3 is 14.2 Å². The summed E-state index contributed by atoms with van der Waals surface area (Å²) >= 11 is 3.45. The Morgan fingerprint density at radius 1 is 1.21 bits per heavy atom. The molecule has 2 aromatic rings. The van der Waals surface area contributed by atoms with Crippen LogP contribution in [0.15, 0.2) is 34.0 Å². The van der Waals surface area contributed by atoms with Crippen molar-refractivity contribution in [1.29, 1.82) is 0 Å². The highest BCUT2D eigenvalue weighted by atomic mass is 79.9. The first kappa shape index (κ1) is 13.9. The third-order valence-corrected chi connectivity index (χ3v) is 3.12. The van der Waals surface area contributed by atoms with Crippen LogP contribution >= 0.6 is 15.9 Å². The molecule has 0 aliphatic heterocycles. The van der Waals surface area contributed by atoms with Crippen LogP contribution in [0.3, 0.4) is 0 Å². The van der Waals surface area contributed by atoms with Crippen LogP contribution in [0.1, 0.15) is 5.69 Å². The Hall–Kier alpha value is -1.56. The number of fused-ring (bicyclic) bond motifs is 1. The summed E-state index contributed by atoms with van der Waals surface area (Å²) in [5.74, 6) is 0.929. The van der Waals surface area contributed by atoms with Gasteiger partial charge in [0.2, 0.25) is 0 Å². The van der Waals surface area contributed by atoms with Crippen molar-refractivity contribution in [1.82, 2.24) is 19.2 Å². The fourth-order valence-electron chi connectivity index (χ4n) is 1.93. The van der Waals surface area contributed by atoms with Gasteiger partial charge in [0.25, 0.3) is 0 Å². The zero-order valence-corrected chi connectivity index (χ0v) is 13.2. The molecule has 2 aromatic heterocycles. The molecule has 6 heteroatoms. The van der Waals surface area contributed by atoms with Gasteiger partial charge in [0.15, 0.2) is 5.96 Å². The van der Waals surface area contributed by atoms with Gasteiger partial charge in [0, 0.05) is 45.1 Å². The first-order valence-electron chi connectivity index (χ1n) is 5.99. The molecule has 0 aromatic carbocycles. The van der Waals surface area contributed by atoms with E-state index in [2.05, 4.69) is 25.9 Å². The van der Waals surface area contributed by atoms with Gasteiger partial charge in [-0.05, 0) is 28.1 Å². The van der Waals surface area contributed by atoms with E-state index in [1.54, 1.807) is 0 Å². The van der Waals surface area contributed by atoms with E-state index in [9.17, 15) is 0 Å². The monoisotopic (exact) mass is 323 g/mol. The minimum atomic E-state index is 0.574. The van der Waals surface area contributed by atoms with Crippen molar-refractivity contribution in [2.24, 2.45) is 4.99 Å². The van der Waals surface area contributed by atoms with Gasteiger partial charge in [-0.3, -0.25) is 0 Å². The largest absolute Gasteiger partial charge is 0.349 e. The third kappa shape index (κ3) is 3.26. The molecule has 0 bridgehead atoms. The highest BCUT2D eigenvalue weighted by molar-refractivity contribution is 9.10. The van der Waals surface area contributed by atoms with Crippen molar-refractivity contribution in [2.45, 2.75) is 6.54 Å². The Morgan fingerprint density at radius 2 is 1.89 bits per heavy atom. The fourth-order valence-corrected chi connectivity index (χ4v) is 2.28. The normalized spacial score (nSPS) is 10.6. The van der Waals surface area contributed by atoms with Gasteiger partial charge in [-0.1, -0.05) is 0 Å². The van der Waals surface area contributed by atoms with E-state index in [-0.39, 0.29) is 0 Å². The van der Waals surface area contributed by atoms with Crippen molar-refractivity contribution in [3.8, 4) is 0 Å². The van der Waals surface area contributed by atoms with E-state index in [1.807, 2.05) is 66.9 Å². The van der Waals surface area contributed by atoms with Crippen LogP contribution in [-0.2, 0) is 6.54 Å².